The fraction of sp³-hybridized carbons (Fsp3) is 0.462. The Kier molecular flexibility index (Phi) is 4.48. The molecule has 2 aromatic heterocycles. The predicted molar refractivity (Wildman–Crippen MR) is 76.4 cm³/mol. The van der Waals surface area contributed by atoms with Gasteiger partial charge in [0.05, 0.1) is 24.0 Å². The van der Waals surface area contributed by atoms with Gasteiger partial charge in [0.25, 0.3) is 0 Å². The first-order chi connectivity index (χ1) is 10.2. The number of hydrogen-bond donors (Lipinski definition) is 1. The zero-order valence-electron chi connectivity index (χ0n) is 12.2. The molecule has 0 aliphatic rings. The fourth-order valence-corrected chi connectivity index (χ4v) is 2.08. The molecule has 2 rings (SSSR count). The molecule has 0 unspecified atom stereocenters. The van der Waals surface area contributed by atoms with E-state index in [1.54, 1.807) is 20.1 Å². The van der Waals surface area contributed by atoms with Crippen LogP contribution in [0.3, 0.4) is 0 Å². The third-order valence-corrected chi connectivity index (χ3v) is 3.68. The van der Waals surface area contributed by atoms with E-state index in [0.29, 0.717) is 0 Å². The molecule has 2 aromatic rings. The van der Waals surface area contributed by atoms with Crippen LogP contribution in [-0.4, -0.2) is 37.7 Å². The van der Waals surface area contributed by atoms with Crippen LogP contribution in [0.1, 0.15) is 19.4 Å². The highest BCUT2D eigenvalue weighted by atomic mass is 32.2. The van der Waals surface area contributed by atoms with Crippen LogP contribution in [-0.2, 0) is 11.7 Å². The van der Waals surface area contributed by atoms with Gasteiger partial charge in [-0.15, -0.1) is 0 Å². The van der Waals surface area contributed by atoms with Gasteiger partial charge in [0, 0.05) is 18.0 Å². The maximum atomic E-state index is 13.1. The van der Waals surface area contributed by atoms with E-state index >= 15 is 0 Å². The molecule has 0 saturated heterocycles. The third kappa shape index (κ3) is 3.25. The molecule has 9 heteroatoms. The highest BCUT2D eigenvalue weighted by Gasteiger charge is 2.36. The van der Waals surface area contributed by atoms with E-state index in [9.17, 15) is 18.3 Å². The number of rotatable bonds is 4. The molecule has 0 aliphatic carbocycles. The zero-order valence-corrected chi connectivity index (χ0v) is 13.0. The van der Waals surface area contributed by atoms with E-state index in [2.05, 4.69) is 15.1 Å². The predicted octanol–water partition coefficient (Wildman–Crippen LogP) is 2.81. The number of alkyl halides is 3. The lowest BCUT2D eigenvalue weighted by molar-refractivity contribution is -0.137. The van der Waals surface area contributed by atoms with Crippen LogP contribution in [0.15, 0.2) is 23.7 Å². The quantitative estimate of drug-likeness (QED) is 0.689. The Hall–Kier alpha value is -1.61. The molecule has 0 saturated carbocycles. The number of thioether (sulfide) groups is 1. The Balaban J connectivity index is 2.56. The van der Waals surface area contributed by atoms with Gasteiger partial charge in [0.1, 0.15) is 5.56 Å². The van der Waals surface area contributed by atoms with E-state index in [4.69, 9.17) is 0 Å². The average Bonchev–Trinajstić information content (AvgIpc) is 2.96. The summed E-state index contributed by atoms with van der Waals surface area (Å²) in [4.78, 5) is 7.65. The van der Waals surface area contributed by atoms with Gasteiger partial charge in [-0.1, -0.05) is 11.8 Å². The molecule has 0 amide bonds. The van der Waals surface area contributed by atoms with Crippen molar-refractivity contribution in [2.45, 2.75) is 30.7 Å². The molecule has 0 bridgehead atoms. The number of halogens is 3. The monoisotopic (exact) mass is 332 g/mol. The maximum Gasteiger partial charge on any atom is 0.419 e. The largest absolute Gasteiger partial charge is 0.419 e. The summed E-state index contributed by atoms with van der Waals surface area (Å²) in [5, 5.41) is 13.6. The Bertz CT molecular complexity index is 670. The van der Waals surface area contributed by atoms with Crippen molar-refractivity contribution in [3.63, 3.8) is 0 Å². The first kappa shape index (κ1) is 16.8. The Morgan fingerprint density at radius 2 is 1.95 bits per heavy atom. The van der Waals surface area contributed by atoms with Gasteiger partial charge in [-0.2, -0.15) is 18.3 Å². The van der Waals surface area contributed by atoms with Crippen LogP contribution in [0.5, 0.6) is 0 Å². The van der Waals surface area contributed by atoms with Crippen molar-refractivity contribution < 1.29 is 18.3 Å². The minimum absolute atomic E-state index is 0.194. The van der Waals surface area contributed by atoms with Gasteiger partial charge in [0.15, 0.2) is 5.16 Å². The van der Waals surface area contributed by atoms with Crippen LogP contribution in [0.25, 0.3) is 11.3 Å². The van der Waals surface area contributed by atoms with Gasteiger partial charge in [0.2, 0.25) is 0 Å². The van der Waals surface area contributed by atoms with Gasteiger partial charge in [-0.05, 0) is 20.1 Å². The smallest absolute Gasteiger partial charge is 0.394 e. The SMILES string of the molecule is CSc1ncc(C(F)(F)F)c(-c2cnn(C(C)(C)CO)c2)n1. The lowest BCUT2D eigenvalue weighted by Crippen LogP contribution is -2.30. The van der Waals surface area contributed by atoms with Gasteiger partial charge >= 0.3 is 6.18 Å². The topological polar surface area (TPSA) is 63.8 Å². The van der Waals surface area contributed by atoms with Crippen molar-refractivity contribution in [3.8, 4) is 11.3 Å². The molecular weight excluding hydrogens is 317 g/mol. The molecule has 0 spiro atoms. The van der Waals surface area contributed by atoms with Gasteiger partial charge < -0.3 is 5.11 Å². The molecule has 0 fully saturated rings. The second-order valence-electron chi connectivity index (χ2n) is 5.26. The van der Waals surface area contributed by atoms with E-state index < -0.39 is 17.3 Å². The molecule has 0 aromatic carbocycles. The van der Waals surface area contributed by atoms with Crippen molar-refractivity contribution in [3.05, 3.63) is 24.2 Å². The lowest BCUT2D eigenvalue weighted by Gasteiger charge is -2.22. The van der Waals surface area contributed by atoms with Crippen molar-refractivity contribution in [1.82, 2.24) is 19.7 Å². The zero-order chi connectivity index (χ0) is 16.5. The van der Waals surface area contributed by atoms with Crippen molar-refractivity contribution in [2.75, 3.05) is 12.9 Å². The number of aliphatic hydroxyl groups is 1. The Labute approximate surface area is 129 Å². The highest BCUT2D eigenvalue weighted by Crippen LogP contribution is 2.36. The molecule has 2 heterocycles. The minimum Gasteiger partial charge on any atom is -0.394 e. The summed E-state index contributed by atoms with van der Waals surface area (Å²) in [6, 6.07) is 0. The summed E-state index contributed by atoms with van der Waals surface area (Å²) in [6.45, 7) is 3.25. The first-order valence-electron chi connectivity index (χ1n) is 6.33. The second kappa shape index (κ2) is 5.88. The molecule has 0 atom stereocenters. The van der Waals surface area contributed by atoms with Crippen molar-refractivity contribution >= 4 is 11.8 Å². The normalized spacial score (nSPS) is 12.7. The molecule has 5 nitrogen and oxygen atoms in total. The summed E-state index contributed by atoms with van der Waals surface area (Å²) in [7, 11) is 0. The third-order valence-electron chi connectivity index (χ3n) is 3.12. The molecule has 0 aliphatic heterocycles. The van der Waals surface area contributed by atoms with E-state index in [0.717, 1.165) is 18.0 Å². The number of nitrogens with zero attached hydrogens (tertiary/aromatic N) is 4. The highest BCUT2D eigenvalue weighted by molar-refractivity contribution is 7.98. The summed E-state index contributed by atoms with van der Waals surface area (Å²) in [6.07, 6.45) is 0.658. The summed E-state index contributed by atoms with van der Waals surface area (Å²) in [5.41, 5.74) is -1.61. The van der Waals surface area contributed by atoms with Crippen LogP contribution < -0.4 is 0 Å². The standard InChI is InChI=1S/C13H15F3N4OS/c1-12(2,7-21)20-6-8(4-18-20)10-9(13(14,15)16)5-17-11(19-10)22-3/h4-6,21H,7H2,1-3H3. The summed E-state index contributed by atoms with van der Waals surface area (Å²) >= 11 is 1.16. The molecule has 22 heavy (non-hydrogen) atoms. The second-order valence-corrected chi connectivity index (χ2v) is 6.03. The van der Waals surface area contributed by atoms with Gasteiger partial charge in [-0.25, -0.2) is 9.97 Å². The number of hydrogen-bond acceptors (Lipinski definition) is 5. The van der Waals surface area contributed by atoms with Crippen LogP contribution in [0, 0.1) is 0 Å². The van der Waals surface area contributed by atoms with E-state index in [1.165, 1.54) is 17.1 Å². The van der Waals surface area contributed by atoms with Crippen LogP contribution >= 0.6 is 11.8 Å². The lowest BCUT2D eigenvalue weighted by atomic mass is 10.1. The van der Waals surface area contributed by atoms with Crippen molar-refractivity contribution in [1.29, 1.82) is 0 Å². The molecule has 0 radical (unpaired) electrons. The average molecular weight is 332 g/mol. The Morgan fingerprint density at radius 3 is 2.50 bits per heavy atom. The number of aromatic nitrogens is 4. The fourth-order valence-electron chi connectivity index (χ4n) is 1.74. The van der Waals surface area contributed by atoms with E-state index in [1.807, 2.05) is 0 Å². The van der Waals surface area contributed by atoms with E-state index in [-0.39, 0.29) is 23.0 Å². The van der Waals surface area contributed by atoms with Crippen molar-refractivity contribution in [2.24, 2.45) is 0 Å². The van der Waals surface area contributed by atoms with Crippen LogP contribution in [0.2, 0.25) is 0 Å². The first-order valence-corrected chi connectivity index (χ1v) is 7.56. The molecular formula is C13H15F3N4OS. The van der Waals surface area contributed by atoms with Crippen LogP contribution in [0.4, 0.5) is 13.2 Å². The molecule has 1 N–H and O–H groups in total. The summed E-state index contributed by atoms with van der Waals surface area (Å²) < 4.78 is 40.8. The minimum atomic E-state index is -4.55. The van der Waals surface area contributed by atoms with Gasteiger partial charge in [-0.3, -0.25) is 4.68 Å². The maximum absolute atomic E-state index is 13.1. The number of aliphatic hydroxyl groups excluding tert-OH is 1. The molecule has 120 valence electrons. The Morgan fingerprint density at radius 1 is 1.27 bits per heavy atom. The summed E-state index contributed by atoms with van der Waals surface area (Å²) in [5.74, 6) is 0.